The molecule has 2 aliphatic rings. The minimum Gasteiger partial charge on any atom is -0.0847 e. The Morgan fingerprint density at radius 3 is 2.47 bits per heavy atom. The maximum absolute atomic E-state index is 2.56. The lowest BCUT2D eigenvalue weighted by molar-refractivity contribution is 0.591. The fraction of sp³-hybridized carbons (Fsp3) is 0.765. The highest BCUT2D eigenvalue weighted by atomic mass is 14.3. The van der Waals surface area contributed by atoms with Crippen LogP contribution in [0.3, 0.4) is 0 Å². The van der Waals surface area contributed by atoms with E-state index < -0.39 is 0 Å². The minimum atomic E-state index is 0.838. The molecule has 2 rings (SSSR count). The predicted octanol–water partition coefficient (Wildman–Crippen LogP) is 5.65. The van der Waals surface area contributed by atoms with Gasteiger partial charge in [0.25, 0.3) is 0 Å². The first kappa shape index (κ1) is 12.9. The maximum atomic E-state index is 2.56. The maximum Gasteiger partial charge on any atom is -0.00173 e. The summed E-state index contributed by atoms with van der Waals surface area (Å²) in [4.78, 5) is 0. The van der Waals surface area contributed by atoms with E-state index in [0.29, 0.717) is 0 Å². The average Bonchev–Trinajstić information content (AvgIpc) is 2.94. The molecular formula is C17H28. The molecule has 0 aromatic carbocycles. The van der Waals surface area contributed by atoms with Crippen LogP contribution in [0.15, 0.2) is 23.8 Å². The monoisotopic (exact) mass is 232 g/mol. The van der Waals surface area contributed by atoms with Gasteiger partial charge in [0.15, 0.2) is 0 Å². The van der Waals surface area contributed by atoms with Crippen molar-refractivity contribution >= 4 is 0 Å². The van der Waals surface area contributed by atoms with Crippen LogP contribution in [0.2, 0.25) is 0 Å². The van der Waals surface area contributed by atoms with Gasteiger partial charge in [-0.1, -0.05) is 69.2 Å². The van der Waals surface area contributed by atoms with Crippen molar-refractivity contribution in [3.8, 4) is 0 Å². The van der Waals surface area contributed by atoms with Gasteiger partial charge in [-0.25, -0.2) is 0 Å². The lowest BCUT2D eigenvalue weighted by atomic mass is 9.98. The van der Waals surface area contributed by atoms with E-state index in [0.717, 1.165) is 11.8 Å². The molecule has 0 nitrogen and oxygen atoms in total. The van der Waals surface area contributed by atoms with E-state index in [4.69, 9.17) is 0 Å². The van der Waals surface area contributed by atoms with Crippen molar-refractivity contribution in [2.75, 3.05) is 0 Å². The van der Waals surface area contributed by atoms with Crippen molar-refractivity contribution < 1.29 is 0 Å². The average molecular weight is 232 g/mol. The van der Waals surface area contributed by atoms with Crippen molar-refractivity contribution in [1.29, 1.82) is 0 Å². The van der Waals surface area contributed by atoms with E-state index in [1.54, 1.807) is 5.57 Å². The Bertz CT molecular complexity index is 272. The summed E-state index contributed by atoms with van der Waals surface area (Å²) in [5.74, 6) is 1.74. The van der Waals surface area contributed by atoms with E-state index in [1.807, 2.05) is 0 Å². The first-order chi connectivity index (χ1) is 8.40. The fourth-order valence-corrected chi connectivity index (χ4v) is 3.28. The third kappa shape index (κ3) is 4.01. The molecule has 0 saturated heterocycles. The third-order valence-corrected chi connectivity index (χ3v) is 4.36. The SMILES string of the molecule is CCCCCCCCC/C=C1\CC2C=CC1C2. The first-order valence-electron chi connectivity index (χ1n) is 7.77. The molecule has 0 radical (unpaired) electrons. The van der Waals surface area contributed by atoms with Gasteiger partial charge in [-0.2, -0.15) is 0 Å². The third-order valence-electron chi connectivity index (χ3n) is 4.36. The van der Waals surface area contributed by atoms with Crippen molar-refractivity contribution in [3.63, 3.8) is 0 Å². The van der Waals surface area contributed by atoms with Crippen LogP contribution in [0, 0.1) is 11.8 Å². The summed E-state index contributed by atoms with van der Waals surface area (Å²) in [6.07, 6.45) is 21.6. The highest BCUT2D eigenvalue weighted by Crippen LogP contribution is 2.43. The van der Waals surface area contributed by atoms with Gasteiger partial charge in [0.05, 0.1) is 0 Å². The smallest absolute Gasteiger partial charge is 0.00173 e. The van der Waals surface area contributed by atoms with Gasteiger partial charge in [0.2, 0.25) is 0 Å². The van der Waals surface area contributed by atoms with Crippen LogP contribution >= 0.6 is 0 Å². The summed E-state index contributed by atoms with van der Waals surface area (Å²) < 4.78 is 0. The molecule has 96 valence electrons. The van der Waals surface area contributed by atoms with Gasteiger partial charge in [0, 0.05) is 0 Å². The Labute approximate surface area is 107 Å². The largest absolute Gasteiger partial charge is 0.0847 e. The molecule has 0 aromatic heterocycles. The van der Waals surface area contributed by atoms with Crippen LogP contribution in [0.4, 0.5) is 0 Å². The molecule has 0 spiro atoms. The molecule has 2 atom stereocenters. The fourth-order valence-electron chi connectivity index (χ4n) is 3.28. The molecular weight excluding hydrogens is 204 g/mol. The van der Waals surface area contributed by atoms with Crippen LogP contribution in [-0.4, -0.2) is 0 Å². The van der Waals surface area contributed by atoms with Gasteiger partial charge in [-0.3, -0.25) is 0 Å². The molecule has 0 N–H and O–H groups in total. The Hall–Kier alpha value is -0.520. The van der Waals surface area contributed by atoms with Crippen LogP contribution in [0.1, 0.15) is 71.1 Å². The standard InChI is InChI=1S/C17H28/c1-2-3-4-5-6-7-8-9-10-16-13-15-11-12-17(16)14-15/h10-12,15,17H,2-9,13-14H2,1H3/b16-10+. The topological polar surface area (TPSA) is 0 Å². The highest BCUT2D eigenvalue weighted by molar-refractivity contribution is 5.26. The van der Waals surface area contributed by atoms with Gasteiger partial charge in [0.1, 0.15) is 0 Å². The second kappa shape index (κ2) is 7.03. The lowest BCUT2D eigenvalue weighted by Gasteiger charge is -2.07. The Kier molecular flexibility index (Phi) is 5.35. The number of hydrogen-bond acceptors (Lipinski definition) is 0. The van der Waals surface area contributed by atoms with E-state index in [9.17, 15) is 0 Å². The second-order valence-corrected chi connectivity index (χ2v) is 5.88. The van der Waals surface area contributed by atoms with Gasteiger partial charge >= 0.3 is 0 Å². The Balaban J connectivity index is 1.49. The van der Waals surface area contributed by atoms with E-state index >= 15 is 0 Å². The van der Waals surface area contributed by atoms with Crippen molar-refractivity contribution in [2.45, 2.75) is 71.1 Å². The van der Waals surface area contributed by atoms with Crippen LogP contribution in [0.5, 0.6) is 0 Å². The van der Waals surface area contributed by atoms with Crippen LogP contribution < -0.4 is 0 Å². The first-order valence-corrected chi connectivity index (χ1v) is 7.77. The molecule has 2 aliphatic carbocycles. The zero-order chi connectivity index (χ0) is 11.9. The number of hydrogen-bond donors (Lipinski definition) is 0. The normalized spacial score (nSPS) is 28.4. The Morgan fingerprint density at radius 1 is 1.06 bits per heavy atom. The van der Waals surface area contributed by atoms with E-state index in [-0.39, 0.29) is 0 Å². The van der Waals surface area contributed by atoms with Crippen molar-refractivity contribution in [1.82, 2.24) is 0 Å². The van der Waals surface area contributed by atoms with Crippen molar-refractivity contribution in [3.05, 3.63) is 23.8 Å². The van der Waals surface area contributed by atoms with Crippen LogP contribution in [0.25, 0.3) is 0 Å². The molecule has 17 heavy (non-hydrogen) atoms. The summed E-state index contributed by atoms with van der Waals surface area (Å²) in [6.45, 7) is 2.29. The predicted molar refractivity (Wildman–Crippen MR) is 76.0 cm³/mol. The van der Waals surface area contributed by atoms with Crippen LogP contribution in [-0.2, 0) is 0 Å². The molecule has 0 amide bonds. The van der Waals surface area contributed by atoms with E-state index in [2.05, 4.69) is 25.2 Å². The Morgan fingerprint density at radius 2 is 1.82 bits per heavy atom. The summed E-state index contributed by atoms with van der Waals surface area (Å²) in [5, 5.41) is 0. The number of allylic oxidation sites excluding steroid dienone is 4. The molecule has 2 bridgehead atoms. The quantitative estimate of drug-likeness (QED) is 0.375. The van der Waals surface area contributed by atoms with Gasteiger partial charge < -0.3 is 0 Å². The summed E-state index contributed by atoms with van der Waals surface area (Å²) in [5.41, 5.74) is 1.75. The zero-order valence-electron chi connectivity index (χ0n) is 11.5. The molecule has 0 heteroatoms. The van der Waals surface area contributed by atoms with E-state index in [1.165, 1.54) is 64.2 Å². The highest BCUT2D eigenvalue weighted by Gasteiger charge is 2.29. The molecule has 1 saturated carbocycles. The minimum absolute atomic E-state index is 0.838. The zero-order valence-corrected chi connectivity index (χ0v) is 11.5. The molecule has 2 unspecified atom stereocenters. The molecule has 0 aliphatic heterocycles. The second-order valence-electron chi connectivity index (χ2n) is 5.88. The number of rotatable bonds is 8. The molecule has 0 aromatic rings. The van der Waals surface area contributed by atoms with Gasteiger partial charge in [-0.05, 0) is 37.5 Å². The number of unbranched alkanes of at least 4 members (excludes halogenated alkanes) is 7. The summed E-state index contributed by atoms with van der Waals surface area (Å²) in [7, 11) is 0. The summed E-state index contributed by atoms with van der Waals surface area (Å²) >= 11 is 0. The van der Waals surface area contributed by atoms with Crippen molar-refractivity contribution in [2.24, 2.45) is 11.8 Å². The summed E-state index contributed by atoms with van der Waals surface area (Å²) in [6, 6.07) is 0. The molecule has 1 fully saturated rings. The lowest BCUT2D eigenvalue weighted by Crippen LogP contribution is -1.92. The number of fused-ring (bicyclic) bond motifs is 2. The molecule has 0 heterocycles. The van der Waals surface area contributed by atoms with Gasteiger partial charge in [-0.15, -0.1) is 0 Å².